The summed E-state index contributed by atoms with van der Waals surface area (Å²) in [7, 11) is 2.28. The number of fused-ring (bicyclic) bond motifs is 2. The second kappa shape index (κ2) is 6.61. The zero-order chi connectivity index (χ0) is 18.4. The molecule has 138 valence electrons. The molecule has 0 saturated carbocycles. The molecular formula is C23H24FN3. The average Bonchev–Trinajstić information content (AvgIpc) is 3.20. The highest BCUT2D eigenvalue weighted by Crippen LogP contribution is 2.44. The van der Waals surface area contributed by atoms with Crippen molar-refractivity contribution in [3.05, 3.63) is 66.4 Å². The number of nitrogens with zero attached hydrogens (tertiary/aromatic N) is 2. The molecule has 1 aromatic carbocycles. The first kappa shape index (κ1) is 16.7. The van der Waals surface area contributed by atoms with Crippen LogP contribution in [0.1, 0.15) is 37.3 Å². The number of halogens is 1. The molecule has 0 radical (unpaired) electrons. The van der Waals surface area contributed by atoms with E-state index in [0.29, 0.717) is 18.0 Å². The molecule has 2 aromatic heterocycles. The Bertz CT molecular complexity index is 918. The van der Waals surface area contributed by atoms with Crippen LogP contribution >= 0.6 is 0 Å². The smallest absolute Gasteiger partial charge is 0.123 e. The summed E-state index contributed by atoms with van der Waals surface area (Å²) in [6.45, 7) is 0. The van der Waals surface area contributed by atoms with E-state index in [1.807, 2.05) is 36.7 Å². The Morgan fingerprint density at radius 3 is 2.30 bits per heavy atom. The highest BCUT2D eigenvalue weighted by molar-refractivity contribution is 5.82. The Hall–Kier alpha value is -2.46. The van der Waals surface area contributed by atoms with Gasteiger partial charge in [-0.1, -0.05) is 0 Å². The van der Waals surface area contributed by atoms with E-state index in [1.165, 1.54) is 49.1 Å². The standard InChI is InChI=1S/C23H24FN3/c1-27-19-6-7-20(27)13-17(12-19)22-14-21(15-8-10-25-11-9-15)23(26-22)16-2-4-18(24)5-3-16/h2-5,8-11,14,17,19-20,26H,6-7,12-13H2,1H3. The number of hydrogen-bond acceptors (Lipinski definition) is 2. The van der Waals surface area contributed by atoms with Gasteiger partial charge in [0.15, 0.2) is 0 Å². The Kier molecular flexibility index (Phi) is 4.09. The molecule has 0 aliphatic carbocycles. The maximum atomic E-state index is 13.4. The van der Waals surface area contributed by atoms with Crippen molar-refractivity contribution in [2.24, 2.45) is 0 Å². The molecule has 0 spiro atoms. The maximum Gasteiger partial charge on any atom is 0.123 e. The predicted molar refractivity (Wildman–Crippen MR) is 106 cm³/mol. The highest BCUT2D eigenvalue weighted by atomic mass is 19.1. The van der Waals surface area contributed by atoms with Crippen molar-refractivity contribution < 1.29 is 4.39 Å². The molecule has 2 saturated heterocycles. The second-order valence-corrected chi connectivity index (χ2v) is 7.97. The van der Waals surface area contributed by atoms with E-state index < -0.39 is 0 Å². The molecule has 2 atom stereocenters. The Balaban J connectivity index is 1.57. The van der Waals surface area contributed by atoms with E-state index in [4.69, 9.17) is 0 Å². The third-order valence-electron chi connectivity index (χ3n) is 6.50. The lowest BCUT2D eigenvalue weighted by molar-refractivity contribution is 0.160. The number of aromatic amines is 1. The van der Waals surface area contributed by atoms with E-state index in [-0.39, 0.29) is 5.82 Å². The van der Waals surface area contributed by atoms with Gasteiger partial charge in [-0.2, -0.15) is 0 Å². The van der Waals surface area contributed by atoms with Gasteiger partial charge in [-0.15, -0.1) is 0 Å². The molecule has 5 rings (SSSR count). The van der Waals surface area contributed by atoms with E-state index in [9.17, 15) is 4.39 Å². The van der Waals surface area contributed by atoms with E-state index in [2.05, 4.69) is 28.0 Å². The van der Waals surface area contributed by atoms with Crippen molar-refractivity contribution in [3.63, 3.8) is 0 Å². The van der Waals surface area contributed by atoms with Crippen molar-refractivity contribution in [1.29, 1.82) is 0 Å². The molecule has 4 heterocycles. The summed E-state index contributed by atoms with van der Waals surface area (Å²) < 4.78 is 13.4. The Morgan fingerprint density at radius 2 is 1.63 bits per heavy atom. The zero-order valence-corrected chi connectivity index (χ0v) is 15.5. The maximum absolute atomic E-state index is 13.4. The van der Waals surface area contributed by atoms with Gasteiger partial charge in [-0.25, -0.2) is 4.39 Å². The third-order valence-corrected chi connectivity index (χ3v) is 6.50. The van der Waals surface area contributed by atoms with Gasteiger partial charge in [-0.3, -0.25) is 4.98 Å². The van der Waals surface area contributed by atoms with Crippen molar-refractivity contribution in [2.75, 3.05) is 7.05 Å². The van der Waals surface area contributed by atoms with Gasteiger partial charge in [0.25, 0.3) is 0 Å². The third kappa shape index (κ3) is 2.98. The number of H-pyrrole nitrogens is 1. The minimum absolute atomic E-state index is 0.206. The lowest BCUT2D eigenvalue weighted by atomic mass is 9.88. The normalized spacial score (nSPS) is 25.0. The number of pyridine rings is 1. The molecule has 2 unspecified atom stereocenters. The number of hydrogen-bond donors (Lipinski definition) is 1. The van der Waals surface area contributed by atoms with Gasteiger partial charge >= 0.3 is 0 Å². The summed E-state index contributed by atoms with van der Waals surface area (Å²) >= 11 is 0. The average molecular weight is 361 g/mol. The molecule has 27 heavy (non-hydrogen) atoms. The highest BCUT2D eigenvalue weighted by Gasteiger charge is 2.39. The quantitative estimate of drug-likeness (QED) is 0.693. The topological polar surface area (TPSA) is 31.9 Å². The largest absolute Gasteiger partial charge is 0.358 e. The number of benzene rings is 1. The monoisotopic (exact) mass is 361 g/mol. The fourth-order valence-corrected chi connectivity index (χ4v) is 4.96. The van der Waals surface area contributed by atoms with Crippen molar-refractivity contribution in [3.8, 4) is 22.4 Å². The lowest BCUT2D eigenvalue weighted by Crippen LogP contribution is -2.39. The van der Waals surface area contributed by atoms with Crippen LogP contribution in [0.5, 0.6) is 0 Å². The Labute approximate surface area is 159 Å². The predicted octanol–water partition coefficient (Wildman–Crippen LogP) is 5.22. The van der Waals surface area contributed by atoms with Gasteiger partial charge in [0.1, 0.15) is 5.82 Å². The summed E-state index contributed by atoms with van der Waals surface area (Å²) in [6.07, 6.45) is 8.72. The van der Waals surface area contributed by atoms with E-state index in [0.717, 1.165) is 16.8 Å². The first-order chi connectivity index (χ1) is 13.2. The number of rotatable bonds is 3. The van der Waals surface area contributed by atoms with Crippen LogP contribution in [-0.2, 0) is 0 Å². The molecule has 2 aliphatic rings. The van der Waals surface area contributed by atoms with Crippen LogP contribution in [0.3, 0.4) is 0 Å². The van der Waals surface area contributed by atoms with Crippen molar-refractivity contribution in [2.45, 2.75) is 43.7 Å². The lowest BCUT2D eigenvalue weighted by Gasteiger charge is -2.36. The summed E-state index contributed by atoms with van der Waals surface area (Å²) in [5.74, 6) is 0.358. The van der Waals surface area contributed by atoms with Crippen LogP contribution in [0.2, 0.25) is 0 Å². The first-order valence-corrected chi connectivity index (χ1v) is 9.80. The second-order valence-electron chi connectivity index (χ2n) is 7.97. The van der Waals surface area contributed by atoms with Crippen molar-refractivity contribution >= 4 is 0 Å². The number of piperidine rings is 1. The van der Waals surface area contributed by atoms with Crippen LogP contribution in [0.25, 0.3) is 22.4 Å². The fraction of sp³-hybridized carbons (Fsp3) is 0.348. The van der Waals surface area contributed by atoms with Gasteiger partial charge in [0.05, 0.1) is 5.69 Å². The molecule has 2 fully saturated rings. The first-order valence-electron chi connectivity index (χ1n) is 9.80. The fourth-order valence-electron chi connectivity index (χ4n) is 4.96. The molecule has 2 aliphatic heterocycles. The minimum Gasteiger partial charge on any atom is -0.358 e. The summed E-state index contributed by atoms with van der Waals surface area (Å²) in [4.78, 5) is 10.4. The molecule has 1 N–H and O–H groups in total. The van der Waals surface area contributed by atoms with E-state index >= 15 is 0 Å². The summed E-state index contributed by atoms with van der Waals surface area (Å²) in [6, 6.07) is 14.6. The van der Waals surface area contributed by atoms with Gasteiger partial charge in [-0.05, 0) is 86.3 Å². The zero-order valence-electron chi connectivity index (χ0n) is 15.5. The Morgan fingerprint density at radius 1 is 0.963 bits per heavy atom. The molecule has 3 aromatic rings. The summed E-state index contributed by atoms with van der Waals surface area (Å²) in [5.41, 5.74) is 5.71. The molecule has 3 nitrogen and oxygen atoms in total. The van der Waals surface area contributed by atoms with Gasteiger partial charge < -0.3 is 9.88 Å². The number of aromatic nitrogens is 2. The van der Waals surface area contributed by atoms with Crippen LogP contribution in [-0.4, -0.2) is 34.0 Å². The molecular weight excluding hydrogens is 337 g/mol. The molecule has 2 bridgehead atoms. The van der Waals surface area contributed by atoms with Crippen molar-refractivity contribution in [1.82, 2.24) is 14.9 Å². The van der Waals surface area contributed by atoms with E-state index in [1.54, 1.807) is 0 Å². The SMILES string of the molecule is CN1C2CCC1CC(c1cc(-c3ccncc3)c(-c3ccc(F)cc3)[nH]1)C2. The minimum atomic E-state index is -0.206. The van der Waals surface area contributed by atoms with Gasteiger partial charge in [0.2, 0.25) is 0 Å². The molecule has 4 heteroatoms. The van der Waals surface area contributed by atoms with Gasteiger partial charge in [0, 0.05) is 41.7 Å². The molecule has 0 amide bonds. The van der Waals surface area contributed by atoms with Crippen LogP contribution in [0.4, 0.5) is 4.39 Å². The van der Waals surface area contributed by atoms with Crippen LogP contribution < -0.4 is 0 Å². The van der Waals surface area contributed by atoms with Crippen LogP contribution in [0, 0.1) is 5.82 Å². The van der Waals surface area contributed by atoms with Crippen LogP contribution in [0.15, 0.2) is 54.9 Å². The summed E-state index contributed by atoms with van der Waals surface area (Å²) in [5, 5.41) is 0. The number of nitrogens with one attached hydrogen (secondary N) is 1.